The van der Waals surface area contributed by atoms with Gasteiger partial charge in [0, 0.05) is 33.7 Å². The molecule has 148 valence electrons. The second-order valence-corrected chi connectivity index (χ2v) is 9.06. The Hall–Kier alpha value is -1.49. The third-order valence-corrected chi connectivity index (χ3v) is 5.95. The highest BCUT2D eigenvalue weighted by atomic mass is 32.2. The Balaban J connectivity index is 2.16. The van der Waals surface area contributed by atoms with Gasteiger partial charge in [0.2, 0.25) is 5.89 Å². The molecule has 0 bridgehead atoms. The van der Waals surface area contributed by atoms with E-state index in [1.807, 2.05) is 20.9 Å². The topological polar surface area (TPSA) is 99.0 Å². The highest BCUT2D eigenvalue weighted by molar-refractivity contribution is 7.87. The molecule has 1 saturated heterocycles. The van der Waals surface area contributed by atoms with Gasteiger partial charge in [-0.15, -0.1) is 0 Å². The number of carbonyl (C=O) groups is 1. The number of nitrogens with zero attached hydrogens (tertiary/aromatic N) is 4. The van der Waals surface area contributed by atoms with Gasteiger partial charge in [-0.3, -0.25) is 4.79 Å². The Bertz CT molecular complexity index is 716. The molecule has 0 aliphatic carbocycles. The summed E-state index contributed by atoms with van der Waals surface area (Å²) in [6.07, 6.45) is 2.22. The van der Waals surface area contributed by atoms with Crippen LogP contribution in [0.5, 0.6) is 0 Å². The van der Waals surface area contributed by atoms with E-state index in [2.05, 4.69) is 14.6 Å². The average Bonchev–Trinajstić information content (AvgIpc) is 2.94. The third kappa shape index (κ3) is 5.03. The molecular weight excluding hydrogens is 358 g/mol. The molecule has 0 spiro atoms. The monoisotopic (exact) mass is 387 g/mol. The Morgan fingerprint density at radius 1 is 1.27 bits per heavy atom. The van der Waals surface area contributed by atoms with Crippen molar-refractivity contribution in [1.82, 2.24) is 23.8 Å². The number of likely N-dealkylation sites (N-methyl/N-ethyl adjacent to an activating group) is 1. The molecule has 1 aromatic heterocycles. The summed E-state index contributed by atoms with van der Waals surface area (Å²) in [7, 11) is 1.27. The molecule has 9 nitrogen and oxygen atoms in total. The first-order valence-corrected chi connectivity index (χ1v) is 10.2. The summed E-state index contributed by atoms with van der Waals surface area (Å²) in [5.74, 6) is -0.0906. The second kappa shape index (κ2) is 8.47. The van der Waals surface area contributed by atoms with Crippen molar-refractivity contribution in [3.05, 3.63) is 17.8 Å². The predicted octanol–water partition coefficient (Wildman–Crippen LogP) is 0.545. The minimum absolute atomic E-state index is 0.0989. The van der Waals surface area contributed by atoms with Crippen molar-refractivity contribution in [2.75, 3.05) is 47.3 Å². The van der Waals surface area contributed by atoms with Crippen molar-refractivity contribution in [1.29, 1.82) is 0 Å². The lowest BCUT2D eigenvalue weighted by atomic mass is 10.1. The van der Waals surface area contributed by atoms with Gasteiger partial charge in [-0.05, 0) is 25.9 Å². The van der Waals surface area contributed by atoms with E-state index < -0.39 is 16.3 Å². The standard InChI is InChI=1S/C16H29N5O4S/c1-12(2)14(18-26(23,24)19(3)4)15-17-13(11-25-15)16(22)21-8-6-7-20(5)9-10-21/h11-12,14,18H,6-10H2,1-5H3/t14-/m1/s1. The van der Waals surface area contributed by atoms with Crippen LogP contribution in [0, 0.1) is 5.92 Å². The molecule has 2 rings (SSSR count). The number of aromatic nitrogens is 1. The lowest BCUT2D eigenvalue weighted by Gasteiger charge is -2.21. The van der Waals surface area contributed by atoms with E-state index in [1.165, 1.54) is 20.4 Å². The highest BCUT2D eigenvalue weighted by Gasteiger charge is 2.29. The molecule has 1 aliphatic rings. The molecule has 1 N–H and O–H groups in total. The third-order valence-electron chi connectivity index (χ3n) is 4.44. The van der Waals surface area contributed by atoms with Gasteiger partial charge >= 0.3 is 0 Å². The zero-order valence-corrected chi connectivity index (χ0v) is 16.9. The van der Waals surface area contributed by atoms with E-state index in [1.54, 1.807) is 4.90 Å². The number of hydrogen-bond donors (Lipinski definition) is 1. The Kier molecular flexibility index (Phi) is 6.78. The highest BCUT2D eigenvalue weighted by Crippen LogP contribution is 2.23. The minimum atomic E-state index is -3.65. The van der Waals surface area contributed by atoms with Crippen LogP contribution in [-0.4, -0.2) is 80.7 Å². The van der Waals surface area contributed by atoms with Crippen molar-refractivity contribution in [2.24, 2.45) is 5.92 Å². The zero-order chi connectivity index (χ0) is 19.5. The van der Waals surface area contributed by atoms with Crippen molar-refractivity contribution >= 4 is 16.1 Å². The molecule has 1 aromatic rings. The predicted molar refractivity (Wildman–Crippen MR) is 97.8 cm³/mol. The minimum Gasteiger partial charge on any atom is -0.446 e. The maximum absolute atomic E-state index is 12.7. The molecule has 1 aliphatic heterocycles. The quantitative estimate of drug-likeness (QED) is 0.765. The Morgan fingerprint density at radius 2 is 1.96 bits per heavy atom. The van der Waals surface area contributed by atoms with Gasteiger partial charge in [0.25, 0.3) is 16.1 Å². The number of amides is 1. The van der Waals surface area contributed by atoms with Gasteiger partial charge in [0.15, 0.2) is 5.69 Å². The fraction of sp³-hybridized carbons (Fsp3) is 0.750. The summed E-state index contributed by atoms with van der Waals surface area (Å²) in [5.41, 5.74) is 0.208. The van der Waals surface area contributed by atoms with Crippen LogP contribution in [0.15, 0.2) is 10.7 Å². The van der Waals surface area contributed by atoms with E-state index in [9.17, 15) is 13.2 Å². The van der Waals surface area contributed by atoms with E-state index in [0.29, 0.717) is 13.1 Å². The Morgan fingerprint density at radius 3 is 2.58 bits per heavy atom. The average molecular weight is 388 g/mol. The summed E-state index contributed by atoms with van der Waals surface area (Å²) in [6, 6.07) is -0.654. The number of rotatable bonds is 6. The fourth-order valence-corrected chi connectivity index (χ4v) is 3.58. The summed E-state index contributed by atoms with van der Waals surface area (Å²) in [5, 5.41) is 0. The molecule has 0 aromatic carbocycles. The van der Waals surface area contributed by atoms with Crippen LogP contribution < -0.4 is 4.72 Å². The lowest BCUT2D eigenvalue weighted by Crippen LogP contribution is -2.40. The van der Waals surface area contributed by atoms with Crippen LogP contribution in [0.2, 0.25) is 0 Å². The molecule has 0 unspecified atom stereocenters. The first-order valence-electron chi connectivity index (χ1n) is 8.75. The summed E-state index contributed by atoms with van der Waals surface area (Å²) in [6.45, 7) is 6.80. The van der Waals surface area contributed by atoms with Crippen molar-refractivity contribution in [3.63, 3.8) is 0 Å². The first kappa shape index (κ1) is 20.8. The van der Waals surface area contributed by atoms with Gasteiger partial charge in [0.05, 0.1) is 0 Å². The van der Waals surface area contributed by atoms with Crippen LogP contribution in [0.3, 0.4) is 0 Å². The molecule has 0 saturated carbocycles. The van der Waals surface area contributed by atoms with Gasteiger partial charge < -0.3 is 14.2 Å². The van der Waals surface area contributed by atoms with Crippen molar-refractivity contribution in [2.45, 2.75) is 26.3 Å². The van der Waals surface area contributed by atoms with E-state index >= 15 is 0 Å². The van der Waals surface area contributed by atoms with Crippen molar-refractivity contribution in [3.8, 4) is 0 Å². The Labute approximate surface area is 155 Å². The van der Waals surface area contributed by atoms with Gasteiger partial charge in [0.1, 0.15) is 12.3 Å². The number of hydrogen-bond acceptors (Lipinski definition) is 6. The summed E-state index contributed by atoms with van der Waals surface area (Å²) < 4.78 is 33.4. The lowest BCUT2D eigenvalue weighted by molar-refractivity contribution is 0.0757. The van der Waals surface area contributed by atoms with Gasteiger partial charge in [-0.25, -0.2) is 4.98 Å². The number of oxazole rings is 1. The molecular formula is C16H29N5O4S. The molecule has 1 fully saturated rings. The van der Waals surface area contributed by atoms with Crippen LogP contribution in [0.1, 0.15) is 42.7 Å². The maximum atomic E-state index is 12.7. The van der Waals surface area contributed by atoms with Crippen molar-refractivity contribution < 1.29 is 17.6 Å². The molecule has 26 heavy (non-hydrogen) atoms. The summed E-state index contributed by atoms with van der Waals surface area (Å²) >= 11 is 0. The zero-order valence-electron chi connectivity index (χ0n) is 16.1. The van der Waals surface area contributed by atoms with Gasteiger partial charge in [-0.2, -0.15) is 17.4 Å². The van der Waals surface area contributed by atoms with Crippen LogP contribution >= 0.6 is 0 Å². The van der Waals surface area contributed by atoms with Crippen LogP contribution in [0.25, 0.3) is 0 Å². The molecule has 2 heterocycles. The molecule has 1 atom stereocenters. The number of nitrogens with one attached hydrogen (secondary N) is 1. The summed E-state index contributed by atoms with van der Waals surface area (Å²) in [4.78, 5) is 20.9. The number of carbonyl (C=O) groups excluding carboxylic acids is 1. The largest absolute Gasteiger partial charge is 0.446 e. The molecule has 1 amide bonds. The first-order chi connectivity index (χ1) is 12.1. The SMILES string of the molecule is CC(C)[C@@H](NS(=O)(=O)N(C)C)c1nc(C(=O)N2CCCN(C)CC2)co1. The second-order valence-electron chi connectivity index (χ2n) is 7.15. The van der Waals surface area contributed by atoms with E-state index in [4.69, 9.17) is 4.42 Å². The van der Waals surface area contributed by atoms with E-state index in [0.717, 1.165) is 23.8 Å². The van der Waals surface area contributed by atoms with Crippen LogP contribution in [0.4, 0.5) is 0 Å². The van der Waals surface area contributed by atoms with Gasteiger partial charge in [-0.1, -0.05) is 13.8 Å². The normalized spacial score (nSPS) is 18.3. The van der Waals surface area contributed by atoms with Crippen LogP contribution in [-0.2, 0) is 10.2 Å². The van der Waals surface area contributed by atoms with E-state index in [-0.39, 0.29) is 23.4 Å². The molecule has 10 heteroatoms. The maximum Gasteiger partial charge on any atom is 0.279 e. The fourth-order valence-electron chi connectivity index (χ4n) is 2.68. The smallest absolute Gasteiger partial charge is 0.279 e. The molecule has 0 radical (unpaired) electrons.